The van der Waals surface area contributed by atoms with E-state index in [4.69, 9.17) is 4.74 Å². The molecule has 1 aromatic carbocycles. The molecular weight excluding hydrogens is 198 g/mol. The van der Waals surface area contributed by atoms with E-state index in [1.165, 1.54) is 11.3 Å². The maximum Gasteiger partial charge on any atom is 0.0598 e. The maximum absolute atomic E-state index is 5.70. The van der Waals surface area contributed by atoms with Gasteiger partial charge in [-0.1, -0.05) is 12.1 Å². The second kappa shape index (κ2) is 5.35. The van der Waals surface area contributed by atoms with Crippen molar-refractivity contribution in [1.82, 2.24) is 0 Å². The Bertz CT molecular complexity index is 309. The molecule has 0 spiro atoms. The fourth-order valence-electron chi connectivity index (χ4n) is 1.44. The van der Waals surface area contributed by atoms with E-state index in [-0.39, 0.29) is 5.60 Å². The zero-order valence-electron chi connectivity index (χ0n) is 11.1. The van der Waals surface area contributed by atoms with E-state index in [9.17, 15) is 0 Å². The molecule has 0 aliphatic rings. The van der Waals surface area contributed by atoms with Gasteiger partial charge in [-0.15, -0.1) is 0 Å². The summed E-state index contributed by atoms with van der Waals surface area (Å²) in [6.45, 7) is 7.04. The van der Waals surface area contributed by atoms with Gasteiger partial charge in [-0.2, -0.15) is 0 Å². The molecule has 0 saturated carbocycles. The third kappa shape index (κ3) is 4.67. The van der Waals surface area contributed by atoms with Gasteiger partial charge in [0.05, 0.1) is 12.2 Å². The number of benzene rings is 1. The van der Waals surface area contributed by atoms with Crippen LogP contribution < -0.4 is 4.90 Å². The Morgan fingerprint density at radius 3 is 2.06 bits per heavy atom. The highest BCUT2D eigenvalue weighted by Gasteiger charge is 2.09. The van der Waals surface area contributed by atoms with Gasteiger partial charge in [0, 0.05) is 19.8 Å². The largest absolute Gasteiger partial charge is 0.378 e. The van der Waals surface area contributed by atoms with Crippen LogP contribution in [0.4, 0.5) is 5.69 Å². The first kappa shape index (κ1) is 13.0. The van der Waals surface area contributed by atoms with Crippen LogP contribution in [0.15, 0.2) is 24.3 Å². The first-order valence-corrected chi connectivity index (χ1v) is 5.79. The van der Waals surface area contributed by atoms with Gasteiger partial charge in [-0.3, -0.25) is 0 Å². The van der Waals surface area contributed by atoms with Crippen molar-refractivity contribution in [3.05, 3.63) is 29.8 Å². The Balaban J connectivity index is 2.44. The van der Waals surface area contributed by atoms with Crippen LogP contribution in [0.3, 0.4) is 0 Å². The van der Waals surface area contributed by atoms with E-state index < -0.39 is 0 Å². The maximum atomic E-state index is 5.70. The highest BCUT2D eigenvalue weighted by molar-refractivity contribution is 5.45. The lowest BCUT2D eigenvalue weighted by atomic mass is 10.1. The molecule has 2 nitrogen and oxygen atoms in total. The topological polar surface area (TPSA) is 12.5 Å². The van der Waals surface area contributed by atoms with Crippen molar-refractivity contribution in [3.63, 3.8) is 0 Å². The third-order valence-corrected chi connectivity index (χ3v) is 2.38. The average Bonchev–Trinajstić information content (AvgIpc) is 2.16. The fraction of sp³-hybridized carbons (Fsp3) is 0.571. The van der Waals surface area contributed by atoms with E-state index in [0.717, 1.165) is 13.0 Å². The van der Waals surface area contributed by atoms with Gasteiger partial charge in [0.25, 0.3) is 0 Å². The number of hydrogen-bond acceptors (Lipinski definition) is 2. The quantitative estimate of drug-likeness (QED) is 0.774. The third-order valence-electron chi connectivity index (χ3n) is 2.38. The SMILES string of the molecule is CN(C)c1ccc(CCOC(C)(C)C)cc1. The molecule has 0 saturated heterocycles. The predicted molar refractivity (Wildman–Crippen MR) is 70.2 cm³/mol. The highest BCUT2D eigenvalue weighted by Crippen LogP contribution is 2.13. The van der Waals surface area contributed by atoms with Gasteiger partial charge in [0.15, 0.2) is 0 Å². The normalized spacial score (nSPS) is 11.6. The van der Waals surface area contributed by atoms with Crippen molar-refractivity contribution in [2.75, 3.05) is 25.6 Å². The number of ether oxygens (including phenoxy) is 1. The molecule has 0 aliphatic heterocycles. The van der Waals surface area contributed by atoms with E-state index in [1.54, 1.807) is 0 Å². The van der Waals surface area contributed by atoms with Crippen molar-refractivity contribution in [2.45, 2.75) is 32.8 Å². The predicted octanol–water partition coefficient (Wildman–Crippen LogP) is 3.11. The Labute approximate surface area is 99.2 Å². The van der Waals surface area contributed by atoms with Crippen molar-refractivity contribution >= 4 is 5.69 Å². The van der Waals surface area contributed by atoms with Gasteiger partial charge >= 0.3 is 0 Å². The summed E-state index contributed by atoms with van der Waals surface area (Å²) in [6, 6.07) is 8.63. The molecular formula is C14H23NO. The van der Waals surface area contributed by atoms with Crippen LogP contribution in [-0.4, -0.2) is 26.3 Å². The molecule has 90 valence electrons. The van der Waals surface area contributed by atoms with Gasteiger partial charge < -0.3 is 9.64 Å². The van der Waals surface area contributed by atoms with Crippen LogP contribution in [0.2, 0.25) is 0 Å². The smallest absolute Gasteiger partial charge is 0.0598 e. The lowest BCUT2D eigenvalue weighted by molar-refractivity contribution is -0.000975. The molecule has 0 amide bonds. The molecule has 2 heteroatoms. The van der Waals surface area contributed by atoms with Crippen LogP contribution >= 0.6 is 0 Å². The van der Waals surface area contributed by atoms with Crippen LogP contribution in [0.5, 0.6) is 0 Å². The molecule has 0 aromatic heterocycles. The highest BCUT2D eigenvalue weighted by atomic mass is 16.5. The molecule has 16 heavy (non-hydrogen) atoms. The summed E-state index contributed by atoms with van der Waals surface area (Å²) in [4.78, 5) is 2.11. The Hall–Kier alpha value is -1.02. The molecule has 0 radical (unpaired) electrons. The zero-order valence-corrected chi connectivity index (χ0v) is 11.1. The number of anilines is 1. The molecule has 0 heterocycles. The van der Waals surface area contributed by atoms with E-state index in [2.05, 4.69) is 64.0 Å². The van der Waals surface area contributed by atoms with Crippen molar-refractivity contribution in [3.8, 4) is 0 Å². The Kier molecular flexibility index (Phi) is 4.36. The average molecular weight is 221 g/mol. The van der Waals surface area contributed by atoms with E-state index in [0.29, 0.717) is 0 Å². The Morgan fingerprint density at radius 2 is 1.62 bits per heavy atom. The molecule has 1 rings (SSSR count). The molecule has 0 unspecified atom stereocenters. The van der Waals surface area contributed by atoms with Crippen LogP contribution in [-0.2, 0) is 11.2 Å². The van der Waals surface area contributed by atoms with Gasteiger partial charge in [0.1, 0.15) is 0 Å². The summed E-state index contributed by atoms with van der Waals surface area (Å²) in [5, 5.41) is 0. The minimum absolute atomic E-state index is 0.0381. The molecule has 1 aromatic rings. The van der Waals surface area contributed by atoms with Crippen LogP contribution in [0.25, 0.3) is 0 Å². The lowest BCUT2D eigenvalue weighted by Gasteiger charge is -2.19. The number of nitrogens with zero attached hydrogens (tertiary/aromatic N) is 1. The first-order valence-electron chi connectivity index (χ1n) is 5.79. The van der Waals surface area contributed by atoms with Crippen molar-refractivity contribution < 1.29 is 4.74 Å². The summed E-state index contributed by atoms with van der Waals surface area (Å²) < 4.78 is 5.70. The second-order valence-corrected chi connectivity index (χ2v) is 5.27. The minimum Gasteiger partial charge on any atom is -0.378 e. The monoisotopic (exact) mass is 221 g/mol. The number of hydrogen-bond donors (Lipinski definition) is 0. The van der Waals surface area contributed by atoms with Gasteiger partial charge in [-0.25, -0.2) is 0 Å². The summed E-state index contributed by atoms with van der Waals surface area (Å²) in [7, 11) is 4.11. The summed E-state index contributed by atoms with van der Waals surface area (Å²) >= 11 is 0. The summed E-state index contributed by atoms with van der Waals surface area (Å²) in [5.41, 5.74) is 2.53. The van der Waals surface area contributed by atoms with E-state index in [1.807, 2.05) is 0 Å². The molecule has 0 bridgehead atoms. The molecule has 0 aliphatic carbocycles. The molecule has 0 fully saturated rings. The fourth-order valence-corrected chi connectivity index (χ4v) is 1.44. The van der Waals surface area contributed by atoms with E-state index >= 15 is 0 Å². The first-order chi connectivity index (χ1) is 7.38. The van der Waals surface area contributed by atoms with Gasteiger partial charge in [0.2, 0.25) is 0 Å². The summed E-state index contributed by atoms with van der Waals surface area (Å²) in [6.07, 6.45) is 0.977. The Morgan fingerprint density at radius 1 is 1.06 bits per heavy atom. The minimum atomic E-state index is -0.0381. The molecule has 0 N–H and O–H groups in total. The van der Waals surface area contributed by atoms with Crippen molar-refractivity contribution in [1.29, 1.82) is 0 Å². The standard InChI is InChI=1S/C14H23NO/c1-14(2,3)16-11-10-12-6-8-13(9-7-12)15(4)5/h6-9H,10-11H2,1-5H3. The van der Waals surface area contributed by atoms with Crippen LogP contribution in [0, 0.1) is 0 Å². The van der Waals surface area contributed by atoms with Crippen molar-refractivity contribution in [2.24, 2.45) is 0 Å². The lowest BCUT2D eigenvalue weighted by Crippen LogP contribution is -2.20. The summed E-state index contributed by atoms with van der Waals surface area (Å²) in [5.74, 6) is 0. The second-order valence-electron chi connectivity index (χ2n) is 5.27. The van der Waals surface area contributed by atoms with Gasteiger partial charge in [-0.05, 0) is 44.9 Å². The number of rotatable bonds is 4. The molecule has 0 atom stereocenters. The van der Waals surface area contributed by atoms with Crippen LogP contribution in [0.1, 0.15) is 26.3 Å². The zero-order chi connectivity index (χ0) is 12.2.